The molecule has 2 aromatic heterocycles. The molecule has 0 fully saturated rings. The summed E-state index contributed by atoms with van der Waals surface area (Å²) in [6.45, 7) is 0.393. The van der Waals surface area contributed by atoms with Gasteiger partial charge in [-0.1, -0.05) is 29.8 Å². The number of imidazole rings is 1. The number of likely N-dealkylation sites (N-methyl/N-ethyl adjacent to an activating group) is 1. The third-order valence-electron chi connectivity index (χ3n) is 3.61. The summed E-state index contributed by atoms with van der Waals surface area (Å²) < 4.78 is 14.7. The van der Waals surface area contributed by atoms with Gasteiger partial charge in [0, 0.05) is 25.9 Å². The molecular weight excluding hydrogens is 329 g/mol. The van der Waals surface area contributed by atoms with Gasteiger partial charge in [0.1, 0.15) is 11.5 Å². The van der Waals surface area contributed by atoms with E-state index in [1.165, 1.54) is 18.2 Å². The molecule has 0 saturated carbocycles. The maximum absolute atomic E-state index is 12.9. The topological polar surface area (TPSA) is 37.6 Å². The first-order chi connectivity index (χ1) is 11.5. The summed E-state index contributed by atoms with van der Waals surface area (Å²) in [5, 5.41) is 0.339. The highest BCUT2D eigenvalue weighted by molar-refractivity contribution is 6.31. The van der Waals surface area contributed by atoms with E-state index in [-0.39, 0.29) is 11.7 Å². The molecule has 0 bridgehead atoms. The lowest BCUT2D eigenvalue weighted by atomic mass is 10.2. The van der Waals surface area contributed by atoms with E-state index in [0.717, 1.165) is 5.56 Å². The van der Waals surface area contributed by atoms with Crippen LogP contribution < -0.4 is 0 Å². The Morgan fingerprint density at radius 1 is 1.29 bits per heavy atom. The number of carbonyl (C=O) groups excluding carboxylic acids is 1. The van der Waals surface area contributed by atoms with Crippen LogP contribution in [0.25, 0.3) is 11.7 Å². The van der Waals surface area contributed by atoms with Gasteiger partial charge in [0.05, 0.1) is 5.69 Å². The Labute approximate surface area is 143 Å². The highest BCUT2D eigenvalue weighted by atomic mass is 35.5. The van der Waals surface area contributed by atoms with Gasteiger partial charge in [-0.05, 0) is 35.9 Å². The zero-order valence-corrected chi connectivity index (χ0v) is 13.7. The van der Waals surface area contributed by atoms with Crippen molar-refractivity contribution < 1.29 is 9.18 Å². The smallest absolute Gasteiger partial charge is 0.246 e. The fourth-order valence-corrected chi connectivity index (χ4v) is 2.59. The van der Waals surface area contributed by atoms with Gasteiger partial charge in [-0.15, -0.1) is 0 Å². The van der Waals surface area contributed by atoms with Gasteiger partial charge in [0.25, 0.3) is 0 Å². The van der Waals surface area contributed by atoms with E-state index in [0.29, 0.717) is 23.0 Å². The number of hydrogen-bond acceptors (Lipinski definition) is 2. The molecule has 3 rings (SSSR count). The summed E-state index contributed by atoms with van der Waals surface area (Å²) in [5.41, 5.74) is 2.22. The molecule has 4 nitrogen and oxygen atoms in total. The van der Waals surface area contributed by atoms with Crippen molar-refractivity contribution in [3.05, 3.63) is 77.0 Å². The monoisotopic (exact) mass is 343 g/mol. The van der Waals surface area contributed by atoms with E-state index in [4.69, 9.17) is 11.6 Å². The summed E-state index contributed by atoms with van der Waals surface area (Å²) in [4.78, 5) is 18.0. The minimum absolute atomic E-state index is 0.179. The lowest BCUT2D eigenvalue weighted by molar-refractivity contribution is -0.125. The van der Waals surface area contributed by atoms with E-state index in [1.54, 1.807) is 30.2 Å². The van der Waals surface area contributed by atoms with Gasteiger partial charge in [0.15, 0.2) is 5.15 Å². The van der Waals surface area contributed by atoms with Crippen molar-refractivity contribution >= 4 is 29.2 Å². The maximum Gasteiger partial charge on any atom is 0.246 e. The molecule has 122 valence electrons. The Morgan fingerprint density at radius 3 is 2.79 bits per heavy atom. The normalized spacial score (nSPS) is 11.3. The zero-order valence-electron chi connectivity index (χ0n) is 13.0. The number of halogens is 2. The molecule has 1 aromatic carbocycles. The number of amides is 1. The molecule has 0 aliphatic heterocycles. The summed E-state index contributed by atoms with van der Waals surface area (Å²) in [7, 11) is 1.69. The average molecular weight is 344 g/mol. The Kier molecular flexibility index (Phi) is 4.62. The molecule has 0 atom stereocenters. The van der Waals surface area contributed by atoms with Crippen LogP contribution in [-0.4, -0.2) is 27.2 Å². The minimum atomic E-state index is -0.296. The van der Waals surface area contributed by atoms with Crippen LogP contribution in [0.4, 0.5) is 4.39 Å². The van der Waals surface area contributed by atoms with Crippen LogP contribution in [0.15, 0.2) is 54.7 Å². The predicted octanol–water partition coefficient (Wildman–Crippen LogP) is 3.80. The van der Waals surface area contributed by atoms with E-state index in [1.807, 2.05) is 28.8 Å². The van der Waals surface area contributed by atoms with E-state index in [9.17, 15) is 9.18 Å². The van der Waals surface area contributed by atoms with Gasteiger partial charge in [-0.3, -0.25) is 9.20 Å². The molecule has 0 saturated heterocycles. The first-order valence-corrected chi connectivity index (χ1v) is 7.72. The number of fused-ring (bicyclic) bond motifs is 1. The quantitative estimate of drug-likeness (QED) is 0.676. The molecule has 0 spiro atoms. The molecular formula is C18H15ClFN3O. The molecule has 0 aliphatic rings. The summed E-state index contributed by atoms with van der Waals surface area (Å²) in [6, 6.07) is 11.6. The average Bonchev–Trinajstić information content (AvgIpc) is 2.90. The SMILES string of the molecule is CN(Cc1ccc(F)cc1)C(=O)C=Cc1c(Cl)nc2ccccn12. The number of carbonyl (C=O) groups is 1. The van der Waals surface area contributed by atoms with Gasteiger partial charge in [-0.2, -0.15) is 0 Å². The molecule has 2 heterocycles. The number of pyridine rings is 1. The summed E-state index contributed by atoms with van der Waals surface area (Å²) in [5.74, 6) is -0.476. The zero-order chi connectivity index (χ0) is 17.1. The van der Waals surface area contributed by atoms with Crippen LogP contribution in [0, 0.1) is 5.82 Å². The summed E-state index contributed by atoms with van der Waals surface area (Å²) >= 11 is 6.13. The number of benzene rings is 1. The second-order valence-corrected chi connectivity index (χ2v) is 5.73. The third-order valence-corrected chi connectivity index (χ3v) is 3.89. The molecule has 0 N–H and O–H groups in total. The van der Waals surface area contributed by atoms with Crippen molar-refractivity contribution in [2.75, 3.05) is 7.05 Å². The number of aromatic nitrogens is 2. The van der Waals surface area contributed by atoms with Crippen molar-refractivity contribution in [2.24, 2.45) is 0 Å². The van der Waals surface area contributed by atoms with Crippen molar-refractivity contribution in [1.29, 1.82) is 0 Å². The van der Waals surface area contributed by atoms with Crippen LogP contribution in [0.5, 0.6) is 0 Å². The standard InChI is InChI=1S/C18H15ClFN3O/c1-22(12-13-5-7-14(20)8-6-13)17(24)10-9-15-18(19)21-16-4-2-3-11-23(15)16/h2-11H,12H2,1H3. The third kappa shape index (κ3) is 3.46. The van der Waals surface area contributed by atoms with Gasteiger partial charge in [-0.25, -0.2) is 9.37 Å². The van der Waals surface area contributed by atoms with E-state index < -0.39 is 0 Å². The van der Waals surface area contributed by atoms with Crippen molar-refractivity contribution in [3.8, 4) is 0 Å². The predicted molar refractivity (Wildman–Crippen MR) is 92.1 cm³/mol. The van der Waals surface area contributed by atoms with Crippen molar-refractivity contribution in [2.45, 2.75) is 6.54 Å². The highest BCUT2D eigenvalue weighted by Crippen LogP contribution is 2.19. The van der Waals surface area contributed by atoms with Crippen LogP contribution in [0.3, 0.4) is 0 Å². The molecule has 1 amide bonds. The van der Waals surface area contributed by atoms with Crippen LogP contribution in [0.1, 0.15) is 11.3 Å². The number of hydrogen-bond donors (Lipinski definition) is 0. The highest BCUT2D eigenvalue weighted by Gasteiger charge is 2.09. The van der Waals surface area contributed by atoms with Gasteiger partial charge >= 0.3 is 0 Å². The summed E-state index contributed by atoms with van der Waals surface area (Å²) in [6.07, 6.45) is 4.93. The molecule has 6 heteroatoms. The van der Waals surface area contributed by atoms with Crippen LogP contribution >= 0.6 is 11.6 Å². The Balaban J connectivity index is 1.74. The van der Waals surface area contributed by atoms with Crippen LogP contribution in [0.2, 0.25) is 5.15 Å². The first kappa shape index (κ1) is 16.2. The number of rotatable bonds is 4. The van der Waals surface area contributed by atoms with E-state index in [2.05, 4.69) is 4.98 Å². The maximum atomic E-state index is 12.9. The number of nitrogens with zero attached hydrogens (tertiary/aromatic N) is 3. The van der Waals surface area contributed by atoms with Crippen molar-refractivity contribution in [1.82, 2.24) is 14.3 Å². The van der Waals surface area contributed by atoms with Crippen LogP contribution in [-0.2, 0) is 11.3 Å². The fraction of sp³-hybridized carbons (Fsp3) is 0.111. The minimum Gasteiger partial charge on any atom is -0.338 e. The molecule has 0 unspecified atom stereocenters. The second kappa shape index (κ2) is 6.84. The lowest BCUT2D eigenvalue weighted by Gasteiger charge is -2.15. The Hall–Kier alpha value is -2.66. The van der Waals surface area contributed by atoms with Crippen molar-refractivity contribution in [3.63, 3.8) is 0 Å². The lowest BCUT2D eigenvalue weighted by Crippen LogP contribution is -2.24. The molecule has 3 aromatic rings. The molecule has 0 aliphatic carbocycles. The first-order valence-electron chi connectivity index (χ1n) is 7.35. The van der Waals surface area contributed by atoms with Gasteiger partial charge in [0.2, 0.25) is 5.91 Å². The second-order valence-electron chi connectivity index (χ2n) is 5.37. The van der Waals surface area contributed by atoms with E-state index >= 15 is 0 Å². The molecule has 24 heavy (non-hydrogen) atoms. The fourth-order valence-electron chi connectivity index (χ4n) is 2.35. The molecule has 0 radical (unpaired) electrons. The van der Waals surface area contributed by atoms with Gasteiger partial charge < -0.3 is 4.90 Å². The Bertz CT molecular complexity index is 902. The largest absolute Gasteiger partial charge is 0.338 e. The Morgan fingerprint density at radius 2 is 2.04 bits per heavy atom.